The fraction of sp³-hybridized carbons (Fsp3) is 0.417. The van der Waals surface area contributed by atoms with Crippen molar-refractivity contribution in [3.63, 3.8) is 0 Å². The standard InChI is InChI=1S/C12H13.C10H13.C2H6Si.2ClH.Zr/c1-9-7-11-6-4-3-5-10(2)12(11)8-9;1-8-6-9-4-2-3-5-10(9)7-8;1-3-2;;;/h3-8,10H,1-2H3;6-7H,2-5H2,1H3;1-2H3;2*1H;/q2*-1;;;;+2/p-2. The molecule has 1 unspecified atom stereocenters. The van der Waals surface area contributed by atoms with Crippen LogP contribution in [0.2, 0.25) is 13.1 Å². The molecule has 4 rings (SSSR count). The maximum absolute atomic E-state index is 2.34. The fourth-order valence-electron chi connectivity index (χ4n) is 3.60. The van der Waals surface area contributed by atoms with Crippen LogP contribution < -0.4 is 24.8 Å². The first-order valence-corrected chi connectivity index (χ1v) is 15.9. The normalized spacial score (nSPS) is 15.9. The largest absolute Gasteiger partial charge is 1.00 e. The summed E-state index contributed by atoms with van der Waals surface area (Å²) in [4.78, 5) is 0. The van der Waals surface area contributed by atoms with Crippen molar-refractivity contribution in [3.8, 4) is 0 Å². The van der Waals surface area contributed by atoms with Gasteiger partial charge in [0.2, 0.25) is 0 Å². The number of aryl methyl sites for hydroxylation is 4. The van der Waals surface area contributed by atoms with Crippen molar-refractivity contribution in [3.05, 3.63) is 75.9 Å². The Labute approximate surface area is 199 Å². The third-order valence-corrected chi connectivity index (χ3v) is 4.74. The van der Waals surface area contributed by atoms with Crippen LogP contribution in [0, 0.1) is 13.8 Å². The first kappa shape index (κ1) is 27.9. The first-order valence-electron chi connectivity index (χ1n) is 9.75. The van der Waals surface area contributed by atoms with Crippen LogP contribution in [0.1, 0.15) is 59.1 Å². The molecule has 2 aromatic carbocycles. The Bertz CT molecular complexity index is 768. The number of halogens is 2. The van der Waals surface area contributed by atoms with E-state index >= 15 is 0 Å². The van der Waals surface area contributed by atoms with Crippen LogP contribution in [-0.4, -0.2) is 5.43 Å². The molecule has 0 radical (unpaired) electrons. The summed E-state index contributed by atoms with van der Waals surface area (Å²) < 4.78 is 0. The quantitative estimate of drug-likeness (QED) is 0.363. The monoisotopic (exact) mass is 508 g/mol. The van der Waals surface area contributed by atoms with Crippen LogP contribution in [0.4, 0.5) is 0 Å². The second-order valence-electron chi connectivity index (χ2n) is 7.77. The molecular formula is C24H32Cl2SiZr-2. The van der Waals surface area contributed by atoms with E-state index in [4.69, 9.17) is 0 Å². The number of hydrogen-bond acceptors (Lipinski definition) is 0. The summed E-state index contributed by atoms with van der Waals surface area (Å²) in [7, 11) is 0. The molecule has 4 heteroatoms. The number of rotatable bonds is 0. The molecule has 0 fully saturated rings. The average molecular weight is 511 g/mol. The second-order valence-corrected chi connectivity index (χ2v) is 17.1. The summed E-state index contributed by atoms with van der Waals surface area (Å²) in [5.41, 5.74) is 9.09. The molecule has 2 aliphatic rings. The molecule has 0 saturated heterocycles. The van der Waals surface area contributed by atoms with Gasteiger partial charge in [-0.25, -0.2) is 6.07 Å². The predicted molar refractivity (Wildman–Crippen MR) is 114 cm³/mol. The van der Waals surface area contributed by atoms with Gasteiger partial charge in [0, 0.05) is 0 Å². The van der Waals surface area contributed by atoms with Crippen LogP contribution in [0.15, 0.2) is 42.5 Å². The van der Waals surface area contributed by atoms with Crippen molar-refractivity contribution < 1.29 is 48.1 Å². The summed E-state index contributed by atoms with van der Waals surface area (Å²) in [6, 6.07) is 9.21. The summed E-state index contributed by atoms with van der Waals surface area (Å²) in [5, 5.41) is 0. The molecule has 0 aliphatic heterocycles. The van der Waals surface area contributed by atoms with E-state index in [1.165, 1.54) is 47.9 Å². The van der Waals surface area contributed by atoms with Crippen LogP contribution >= 0.6 is 0 Å². The molecule has 0 nitrogen and oxygen atoms in total. The molecule has 28 heavy (non-hydrogen) atoms. The maximum Gasteiger partial charge on any atom is -0.0427 e. The van der Waals surface area contributed by atoms with Gasteiger partial charge in [-0.1, -0.05) is 58.6 Å². The molecule has 0 spiro atoms. The maximum atomic E-state index is 2.34. The van der Waals surface area contributed by atoms with E-state index in [-0.39, 0.29) is 30.2 Å². The fourth-order valence-corrected chi connectivity index (χ4v) is 3.60. The van der Waals surface area contributed by atoms with E-state index in [1.54, 1.807) is 34.5 Å². The Balaban J connectivity index is 0.000000418. The SMILES string of the molecule is C[Si](C)=[Zr+2].Cc1cc2c([cH-]1)C=CC=CC2C.Cc1cc2c([cH-]1)CCCC2.[Cl-].[Cl-]. The third kappa shape index (κ3) is 9.12. The molecule has 2 aliphatic carbocycles. The molecular weight excluding hydrogens is 478 g/mol. The van der Waals surface area contributed by atoms with Crippen LogP contribution in [-0.2, 0) is 36.2 Å². The van der Waals surface area contributed by atoms with E-state index in [1.807, 2.05) is 0 Å². The minimum absolute atomic E-state index is 0. The molecule has 1 atom stereocenters. The molecule has 0 heterocycles. The van der Waals surface area contributed by atoms with Crippen molar-refractivity contribution in [2.45, 2.75) is 65.5 Å². The van der Waals surface area contributed by atoms with Crippen molar-refractivity contribution in [2.24, 2.45) is 0 Å². The van der Waals surface area contributed by atoms with Gasteiger partial charge >= 0.3 is 41.9 Å². The molecule has 0 bridgehead atoms. The number of allylic oxidation sites excluding steroid dienone is 3. The third-order valence-electron chi connectivity index (χ3n) is 4.74. The Morgan fingerprint density at radius 1 is 0.964 bits per heavy atom. The number of hydrogen-bond donors (Lipinski definition) is 0. The van der Waals surface area contributed by atoms with Gasteiger partial charge < -0.3 is 24.8 Å². The molecule has 0 saturated carbocycles. The molecule has 0 N–H and O–H groups in total. The van der Waals surface area contributed by atoms with Gasteiger partial charge in [0.25, 0.3) is 0 Å². The van der Waals surface area contributed by atoms with Gasteiger partial charge in [-0.05, 0) is 5.92 Å². The Kier molecular flexibility index (Phi) is 13.9. The molecule has 0 amide bonds. The zero-order valence-corrected chi connectivity index (χ0v) is 22.8. The summed E-state index contributed by atoms with van der Waals surface area (Å²) in [6.45, 7) is 11.2. The Hall–Kier alpha value is -0.140. The predicted octanol–water partition coefficient (Wildman–Crippen LogP) is 0.785. The minimum Gasteiger partial charge on any atom is -1.00 e. The summed E-state index contributed by atoms with van der Waals surface area (Å²) in [5.74, 6) is 0.559. The van der Waals surface area contributed by atoms with Crippen LogP contribution in [0.5, 0.6) is 0 Å². The first-order chi connectivity index (χ1) is 12.4. The van der Waals surface area contributed by atoms with Gasteiger partial charge in [-0.15, -0.1) is 23.8 Å². The molecule has 2 aromatic rings. The Morgan fingerprint density at radius 2 is 1.57 bits per heavy atom. The average Bonchev–Trinajstić information content (AvgIpc) is 3.08. The smallest absolute Gasteiger partial charge is 0.0427 e. The van der Waals surface area contributed by atoms with Crippen molar-refractivity contribution in [1.29, 1.82) is 0 Å². The van der Waals surface area contributed by atoms with Gasteiger partial charge in [0.05, 0.1) is 0 Å². The zero-order chi connectivity index (χ0) is 19.1. The number of fused-ring (bicyclic) bond motifs is 2. The summed E-state index contributed by atoms with van der Waals surface area (Å²) in [6.07, 6.45) is 14.1. The van der Waals surface area contributed by atoms with Crippen LogP contribution in [0.25, 0.3) is 6.08 Å². The topological polar surface area (TPSA) is 0 Å². The Morgan fingerprint density at radius 3 is 2.21 bits per heavy atom. The zero-order valence-electron chi connectivity index (χ0n) is 17.8. The summed E-state index contributed by atoms with van der Waals surface area (Å²) >= 11 is 1.74. The van der Waals surface area contributed by atoms with Crippen molar-refractivity contribution in [2.75, 3.05) is 0 Å². The van der Waals surface area contributed by atoms with Gasteiger partial charge in [0.15, 0.2) is 0 Å². The van der Waals surface area contributed by atoms with Gasteiger partial charge in [0.1, 0.15) is 0 Å². The van der Waals surface area contributed by atoms with E-state index in [2.05, 4.69) is 82.4 Å². The second kappa shape index (κ2) is 14.0. The van der Waals surface area contributed by atoms with Crippen LogP contribution in [0.3, 0.4) is 0 Å². The van der Waals surface area contributed by atoms with Crippen molar-refractivity contribution >= 4 is 11.5 Å². The van der Waals surface area contributed by atoms with Gasteiger partial charge in [-0.2, -0.15) is 39.9 Å². The van der Waals surface area contributed by atoms with E-state index in [0.29, 0.717) is 5.92 Å². The van der Waals surface area contributed by atoms with Gasteiger partial charge in [-0.3, -0.25) is 0 Å². The minimum atomic E-state index is 0. The molecule has 0 aromatic heterocycles. The molecule has 152 valence electrons. The van der Waals surface area contributed by atoms with E-state index in [9.17, 15) is 0 Å². The van der Waals surface area contributed by atoms with E-state index in [0.717, 1.165) is 0 Å². The van der Waals surface area contributed by atoms with Crippen molar-refractivity contribution in [1.82, 2.24) is 0 Å². The van der Waals surface area contributed by atoms with E-state index < -0.39 is 0 Å².